The van der Waals surface area contributed by atoms with Gasteiger partial charge in [0.05, 0.1) is 6.61 Å². The van der Waals surface area contributed by atoms with Crippen LogP contribution in [0.25, 0.3) is 0 Å². The minimum atomic E-state index is 0.0435. The highest BCUT2D eigenvalue weighted by atomic mass is 16.5. The Labute approximate surface area is 115 Å². The first kappa shape index (κ1) is 15.5. The summed E-state index contributed by atoms with van der Waals surface area (Å²) in [5.41, 5.74) is 6.25. The number of carbonyl (C=O) groups is 1. The summed E-state index contributed by atoms with van der Waals surface area (Å²) in [7, 11) is 0. The SMILES string of the molecule is CCCCN(CCN)C(=O)c1ccc(OCC)cc1. The molecule has 1 amide bonds. The van der Waals surface area contributed by atoms with Crippen LogP contribution in [0.4, 0.5) is 0 Å². The molecule has 0 saturated heterocycles. The summed E-state index contributed by atoms with van der Waals surface area (Å²) in [6.45, 7) is 6.54. The molecule has 0 bridgehead atoms. The number of hydrogen-bond acceptors (Lipinski definition) is 3. The molecule has 0 unspecified atom stereocenters. The quantitative estimate of drug-likeness (QED) is 0.783. The predicted molar refractivity (Wildman–Crippen MR) is 77.5 cm³/mol. The third-order valence-electron chi connectivity index (χ3n) is 2.88. The highest BCUT2D eigenvalue weighted by Crippen LogP contribution is 2.14. The van der Waals surface area contributed by atoms with Crippen LogP contribution in [0.3, 0.4) is 0 Å². The molecule has 0 aromatic heterocycles. The summed E-state index contributed by atoms with van der Waals surface area (Å²) in [5, 5.41) is 0. The largest absolute Gasteiger partial charge is 0.494 e. The molecule has 0 aliphatic rings. The van der Waals surface area contributed by atoms with Gasteiger partial charge in [-0.15, -0.1) is 0 Å². The molecule has 0 radical (unpaired) electrons. The van der Waals surface area contributed by atoms with E-state index in [2.05, 4.69) is 6.92 Å². The molecular weight excluding hydrogens is 240 g/mol. The number of benzene rings is 1. The Morgan fingerprint density at radius 1 is 1.21 bits per heavy atom. The van der Waals surface area contributed by atoms with Crippen molar-refractivity contribution in [3.63, 3.8) is 0 Å². The van der Waals surface area contributed by atoms with Crippen LogP contribution in [-0.4, -0.2) is 37.0 Å². The van der Waals surface area contributed by atoms with Crippen LogP contribution in [0.1, 0.15) is 37.0 Å². The van der Waals surface area contributed by atoms with Gasteiger partial charge < -0.3 is 15.4 Å². The van der Waals surface area contributed by atoms with Gasteiger partial charge in [-0.3, -0.25) is 4.79 Å². The third kappa shape index (κ3) is 4.91. The maximum absolute atomic E-state index is 12.3. The second kappa shape index (κ2) is 8.53. The van der Waals surface area contributed by atoms with Gasteiger partial charge >= 0.3 is 0 Å². The first-order valence-corrected chi connectivity index (χ1v) is 6.95. The molecule has 0 aliphatic heterocycles. The van der Waals surface area contributed by atoms with Crippen molar-refractivity contribution >= 4 is 5.91 Å². The molecule has 106 valence electrons. The maximum atomic E-state index is 12.3. The molecule has 4 heteroatoms. The van der Waals surface area contributed by atoms with Crippen LogP contribution < -0.4 is 10.5 Å². The lowest BCUT2D eigenvalue weighted by Gasteiger charge is -2.22. The van der Waals surface area contributed by atoms with Crippen LogP contribution in [-0.2, 0) is 0 Å². The molecule has 0 spiro atoms. The van der Waals surface area contributed by atoms with Gasteiger partial charge in [-0.05, 0) is 37.6 Å². The van der Waals surface area contributed by atoms with Crippen LogP contribution in [0.5, 0.6) is 5.75 Å². The van der Waals surface area contributed by atoms with Crippen molar-refractivity contribution in [3.05, 3.63) is 29.8 Å². The fourth-order valence-corrected chi connectivity index (χ4v) is 1.86. The van der Waals surface area contributed by atoms with Gasteiger partial charge in [0.2, 0.25) is 0 Å². The van der Waals surface area contributed by atoms with E-state index in [9.17, 15) is 4.79 Å². The normalized spacial score (nSPS) is 10.3. The highest BCUT2D eigenvalue weighted by molar-refractivity contribution is 5.94. The molecule has 0 saturated carbocycles. The number of carbonyl (C=O) groups excluding carboxylic acids is 1. The number of rotatable bonds is 8. The van der Waals surface area contributed by atoms with E-state index in [1.165, 1.54) is 0 Å². The van der Waals surface area contributed by atoms with Crippen molar-refractivity contribution in [1.29, 1.82) is 0 Å². The standard InChI is InChI=1S/C15H24N2O2/c1-3-5-11-17(12-10-16)15(18)13-6-8-14(9-7-13)19-4-2/h6-9H,3-5,10-12,16H2,1-2H3. The summed E-state index contributed by atoms with van der Waals surface area (Å²) in [4.78, 5) is 14.2. The third-order valence-corrected chi connectivity index (χ3v) is 2.88. The first-order chi connectivity index (χ1) is 9.22. The number of hydrogen-bond donors (Lipinski definition) is 1. The minimum Gasteiger partial charge on any atom is -0.494 e. The highest BCUT2D eigenvalue weighted by Gasteiger charge is 2.14. The van der Waals surface area contributed by atoms with Gasteiger partial charge in [-0.1, -0.05) is 13.3 Å². The molecule has 2 N–H and O–H groups in total. The van der Waals surface area contributed by atoms with Gasteiger partial charge in [0, 0.05) is 25.2 Å². The first-order valence-electron chi connectivity index (χ1n) is 6.95. The van der Waals surface area contributed by atoms with Crippen molar-refractivity contribution in [2.24, 2.45) is 5.73 Å². The number of nitrogens with zero attached hydrogens (tertiary/aromatic N) is 1. The molecule has 1 rings (SSSR count). The summed E-state index contributed by atoms with van der Waals surface area (Å²) in [5.74, 6) is 0.833. The van der Waals surface area contributed by atoms with Gasteiger partial charge in [0.15, 0.2) is 0 Å². The average molecular weight is 264 g/mol. The topological polar surface area (TPSA) is 55.6 Å². The Bertz CT molecular complexity index is 376. The van der Waals surface area contributed by atoms with Crippen molar-refractivity contribution < 1.29 is 9.53 Å². The van der Waals surface area contributed by atoms with E-state index < -0.39 is 0 Å². The Kier molecular flexibility index (Phi) is 6.97. The lowest BCUT2D eigenvalue weighted by molar-refractivity contribution is 0.0758. The van der Waals surface area contributed by atoms with Gasteiger partial charge in [0.25, 0.3) is 5.91 Å². The lowest BCUT2D eigenvalue weighted by Crippen LogP contribution is -2.36. The van der Waals surface area contributed by atoms with Crippen LogP contribution in [0.15, 0.2) is 24.3 Å². The Morgan fingerprint density at radius 2 is 1.89 bits per heavy atom. The predicted octanol–water partition coefficient (Wildman–Crippen LogP) is 2.29. The second-order valence-corrected chi connectivity index (χ2v) is 4.39. The molecule has 0 heterocycles. The van der Waals surface area contributed by atoms with Crippen molar-refractivity contribution in [1.82, 2.24) is 4.90 Å². The van der Waals surface area contributed by atoms with Crippen molar-refractivity contribution in [3.8, 4) is 5.75 Å². The zero-order valence-electron chi connectivity index (χ0n) is 11.9. The smallest absolute Gasteiger partial charge is 0.253 e. The molecule has 0 aliphatic carbocycles. The Balaban J connectivity index is 2.71. The summed E-state index contributed by atoms with van der Waals surface area (Å²) in [6, 6.07) is 7.28. The monoisotopic (exact) mass is 264 g/mol. The minimum absolute atomic E-state index is 0.0435. The van der Waals surface area contributed by atoms with E-state index in [4.69, 9.17) is 10.5 Å². The zero-order valence-corrected chi connectivity index (χ0v) is 11.9. The molecule has 4 nitrogen and oxygen atoms in total. The van der Waals surface area contributed by atoms with E-state index in [1.807, 2.05) is 36.1 Å². The van der Waals surface area contributed by atoms with Crippen molar-refractivity contribution in [2.75, 3.05) is 26.2 Å². The van der Waals surface area contributed by atoms with Gasteiger partial charge in [-0.2, -0.15) is 0 Å². The molecule has 1 aromatic carbocycles. The Hall–Kier alpha value is -1.55. The fraction of sp³-hybridized carbons (Fsp3) is 0.533. The number of amides is 1. The molecule has 19 heavy (non-hydrogen) atoms. The van der Waals surface area contributed by atoms with Crippen LogP contribution in [0.2, 0.25) is 0 Å². The van der Waals surface area contributed by atoms with Crippen LogP contribution >= 0.6 is 0 Å². The lowest BCUT2D eigenvalue weighted by atomic mass is 10.2. The van der Waals surface area contributed by atoms with E-state index in [0.29, 0.717) is 25.3 Å². The summed E-state index contributed by atoms with van der Waals surface area (Å²) in [6.07, 6.45) is 2.07. The number of ether oxygens (including phenoxy) is 1. The molecule has 0 fully saturated rings. The van der Waals surface area contributed by atoms with Crippen LogP contribution in [0, 0.1) is 0 Å². The number of nitrogens with two attached hydrogens (primary N) is 1. The molecular formula is C15H24N2O2. The number of unbranched alkanes of at least 4 members (excludes halogenated alkanes) is 1. The van der Waals surface area contributed by atoms with E-state index in [0.717, 1.165) is 25.1 Å². The van der Waals surface area contributed by atoms with E-state index in [-0.39, 0.29) is 5.91 Å². The Morgan fingerprint density at radius 3 is 2.42 bits per heavy atom. The van der Waals surface area contributed by atoms with Gasteiger partial charge in [0.1, 0.15) is 5.75 Å². The maximum Gasteiger partial charge on any atom is 0.253 e. The molecule has 0 atom stereocenters. The van der Waals surface area contributed by atoms with Gasteiger partial charge in [-0.25, -0.2) is 0 Å². The van der Waals surface area contributed by atoms with E-state index >= 15 is 0 Å². The zero-order chi connectivity index (χ0) is 14.1. The summed E-state index contributed by atoms with van der Waals surface area (Å²) >= 11 is 0. The fourth-order valence-electron chi connectivity index (χ4n) is 1.86. The van der Waals surface area contributed by atoms with Crippen molar-refractivity contribution in [2.45, 2.75) is 26.7 Å². The molecule has 1 aromatic rings. The van der Waals surface area contributed by atoms with E-state index in [1.54, 1.807) is 0 Å². The summed E-state index contributed by atoms with van der Waals surface area (Å²) < 4.78 is 5.37. The second-order valence-electron chi connectivity index (χ2n) is 4.39. The average Bonchev–Trinajstić information content (AvgIpc) is 2.44.